The molecule has 2 amide bonds. The Morgan fingerprint density at radius 2 is 1.93 bits per heavy atom. The van der Waals surface area contributed by atoms with Crippen molar-refractivity contribution in [3.63, 3.8) is 0 Å². The van der Waals surface area contributed by atoms with Crippen molar-refractivity contribution in [2.45, 2.75) is 39.2 Å². The highest BCUT2D eigenvalue weighted by molar-refractivity contribution is 5.99. The monoisotopic (exact) mass is 412 g/mol. The van der Waals surface area contributed by atoms with Gasteiger partial charge in [-0.1, -0.05) is 39.0 Å². The van der Waals surface area contributed by atoms with Crippen LogP contribution in [-0.2, 0) is 14.9 Å². The number of carbonyl (C=O) groups excluding carboxylic acids is 2. The molecule has 1 aliphatic heterocycles. The molecule has 7 heteroatoms. The topological polar surface area (TPSA) is 79.3 Å². The Bertz CT molecular complexity index is 951. The zero-order valence-electron chi connectivity index (χ0n) is 18.0. The summed E-state index contributed by atoms with van der Waals surface area (Å²) in [7, 11) is 1.62. The molecule has 1 aliphatic rings. The Hall–Kier alpha value is -3.22. The molecule has 2 aromatic carbocycles. The zero-order valence-corrected chi connectivity index (χ0v) is 18.0. The van der Waals surface area contributed by atoms with Crippen LogP contribution in [0.3, 0.4) is 0 Å². The van der Waals surface area contributed by atoms with E-state index in [1.165, 1.54) is 9.80 Å². The van der Waals surface area contributed by atoms with Crippen molar-refractivity contribution in [3.05, 3.63) is 48.0 Å². The Labute approximate surface area is 176 Å². The fourth-order valence-corrected chi connectivity index (χ4v) is 3.44. The van der Waals surface area contributed by atoms with Crippen LogP contribution in [-0.4, -0.2) is 43.4 Å². The number of ether oxygens (including phenoxy) is 2. The van der Waals surface area contributed by atoms with E-state index < -0.39 is 12.2 Å². The molecule has 2 aromatic rings. The maximum absolute atomic E-state index is 13.2. The maximum Gasteiger partial charge on any atom is 0.414 e. The number of phenolic OH excluding ortho intramolecular Hbond substituents is 1. The number of amides is 2. The van der Waals surface area contributed by atoms with Crippen LogP contribution in [0.2, 0.25) is 0 Å². The molecule has 1 N–H and O–H groups in total. The number of phenols is 1. The number of hydrogen-bond acceptors (Lipinski definition) is 5. The third-order valence-corrected chi connectivity index (χ3v) is 5.04. The second-order valence-electron chi connectivity index (χ2n) is 8.23. The van der Waals surface area contributed by atoms with E-state index in [0.29, 0.717) is 17.1 Å². The highest BCUT2D eigenvalue weighted by Crippen LogP contribution is 2.36. The van der Waals surface area contributed by atoms with Crippen LogP contribution in [0.15, 0.2) is 42.5 Å². The summed E-state index contributed by atoms with van der Waals surface area (Å²) < 4.78 is 11.0. The van der Waals surface area contributed by atoms with Gasteiger partial charge < -0.3 is 19.5 Å². The second-order valence-corrected chi connectivity index (χ2v) is 8.23. The number of carbonyl (C=O) groups is 2. The lowest BCUT2D eigenvalue weighted by atomic mass is 9.86. The summed E-state index contributed by atoms with van der Waals surface area (Å²) in [6.07, 6.45) is -1.43. The number of aromatic hydroxyl groups is 1. The number of hydrogen-bond donors (Lipinski definition) is 1. The first-order valence-corrected chi connectivity index (χ1v) is 9.94. The lowest BCUT2D eigenvalue weighted by Crippen LogP contribution is -2.51. The first-order chi connectivity index (χ1) is 14.1. The summed E-state index contributed by atoms with van der Waals surface area (Å²) >= 11 is 0. The van der Waals surface area contributed by atoms with Gasteiger partial charge in [-0.3, -0.25) is 9.69 Å². The minimum Gasteiger partial charge on any atom is -0.508 e. The van der Waals surface area contributed by atoms with Crippen LogP contribution in [0.4, 0.5) is 16.2 Å². The lowest BCUT2D eigenvalue weighted by molar-refractivity contribution is -0.124. The first kappa shape index (κ1) is 21.5. The van der Waals surface area contributed by atoms with Crippen LogP contribution in [0.1, 0.15) is 33.3 Å². The molecular weight excluding hydrogens is 384 g/mol. The zero-order chi connectivity index (χ0) is 22.1. The standard InChI is InChI=1S/C23H28N2O5/c1-6-29-22(28)25-14-20(30-19-10-8-7-9-17(19)25)21(27)24(5)15-11-12-16(18(26)13-15)23(2,3)4/h7-13,20,26H,6,14H2,1-5H3. The fraction of sp³-hybridized carbons (Fsp3) is 0.391. The molecule has 0 aromatic heterocycles. The highest BCUT2D eigenvalue weighted by atomic mass is 16.6. The van der Waals surface area contributed by atoms with Gasteiger partial charge >= 0.3 is 6.09 Å². The van der Waals surface area contributed by atoms with Crippen LogP contribution >= 0.6 is 0 Å². The molecule has 0 spiro atoms. The van der Waals surface area contributed by atoms with Gasteiger partial charge in [-0.05, 0) is 36.1 Å². The van der Waals surface area contributed by atoms with E-state index in [9.17, 15) is 14.7 Å². The molecule has 0 aliphatic carbocycles. The van der Waals surface area contributed by atoms with Crippen molar-refractivity contribution in [1.82, 2.24) is 0 Å². The van der Waals surface area contributed by atoms with Gasteiger partial charge in [0.2, 0.25) is 0 Å². The minimum atomic E-state index is -0.904. The van der Waals surface area contributed by atoms with Crippen molar-refractivity contribution < 1.29 is 24.2 Å². The van der Waals surface area contributed by atoms with Crippen LogP contribution < -0.4 is 14.5 Å². The summed E-state index contributed by atoms with van der Waals surface area (Å²) in [5.41, 5.74) is 1.68. The summed E-state index contributed by atoms with van der Waals surface area (Å²) in [5, 5.41) is 10.4. The lowest BCUT2D eigenvalue weighted by Gasteiger charge is -2.35. The first-order valence-electron chi connectivity index (χ1n) is 9.94. The summed E-state index contributed by atoms with van der Waals surface area (Å²) in [6.45, 7) is 8.02. The molecule has 0 bridgehead atoms. The van der Waals surface area contributed by atoms with E-state index in [4.69, 9.17) is 9.47 Å². The van der Waals surface area contributed by atoms with E-state index >= 15 is 0 Å². The number of nitrogens with zero attached hydrogens (tertiary/aromatic N) is 2. The van der Waals surface area contributed by atoms with E-state index in [2.05, 4.69) is 0 Å². The molecule has 0 radical (unpaired) electrons. The van der Waals surface area contributed by atoms with E-state index in [-0.39, 0.29) is 30.2 Å². The van der Waals surface area contributed by atoms with Gasteiger partial charge in [0.05, 0.1) is 18.8 Å². The molecule has 30 heavy (non-hydrogen) atoms. The Kier molecular flexibility index (Phi) is 5.92. The molecule has 0 saturated heterocycles. The number of anilines is 2. The normalized spacial score (nSPS) is 15.8. The third-order valence-electron chi connectivity index (χ3n) is 5.04. The summed E-state index contributed by atoms with van der Waals surface area (Å²) in [6, 6.07) is 12.2. The number of para-hydroxylation sites is 2. The second kappa shape index (κ2) is 8.26. The van der Waals surface area contributed by atoms with Crippen molar-refractivity contribution in [3.8, 4) is 11.5 Å². The Morgan fingerprint density at radius 1 is 1.23 bits per heavy atom. The molecule has 3 rings (SSSR count). The Morgan fingerprint density at radius 3 is 2.57 bits per heavy atom. The highest BCUT2D eigenvalue weighted by Gasteiger charge is 2.36. The predicted molar refractivity (Wildman–Crippen MR) is 115 cm³/mol. The van der Waals surface area contributed by atoms with Gasteiger partial charge in [-0.15, -0.1) is 0 Å². The summed E-state index contributed by atoms with van der Waals surface area (Å²) in [4.78, 5) is 28.4. The predicted octanol–water partition coefficient (Wildman–Crippen LogP) is 4.08. The smallest absolute Gasteiger partial charge is 0.414 e. The van der Waals surface area contributed by atoms with Crippen molar-refractivity contribution in [2.75, 3.05) is 30.0 Å². The largest absolute Gasteiger partial charge is 0.508 e. The number of rotatable bonds is 3. The molecular formula is C23H28N2O5. The van der Waals surface area contributed by atoms with Gasteiger partial charge in [-0.25, -0.2) is 4.79 Å². The number of likely N-dealkylation sites (N-methyl/N-ethyl adjacent to an activating group) is 1. The third kappa shape index (κ3) is 4.20. The summed E-state index contributed by atoms with van der Waals surface area (Å²) in [5.74, 6) is 0.235. The van der Waals surface area contributed by atoms with E-state index in [1.807, 2.05) is 26.8 Å². The van der Waals surface area contributed by atoms with Crippen LogP contribution in [0.25, 0.3) is 0 Å². The molecule has 1 atom stereocenters. The SMILES string of the molecule is CCOC(=O)N1CC(C(=O)N(C)c2ccc(C(C)(C)C)c(O)c2)Oc2ccccc21. The molecule has 0 saturated carbocycles. The Balaban J connectivity index is 1.86. The van der Waals surface area contributed by atoms with Gasteiger partial charge in [0.1, 0.15) is 11.5 Å². The minimum absolute atomic E-state index is 0.0328. The molecule has 160 valence electrons. The average Bonchev–Trinajstić information content (AvgIpc) is 2.71. The average molecular weight is 412 g/mol. The fourth-order valence-electron chi connectivity index (χ4n) is 3.44. The van der Waals surface area contributed by atoms with Gasteiger partial charge in [0.25, 0.3) is 5.91 Å². The molecule has 0 fully saturated rings. The maximum atomic E-state index is 13.2. The molecule has 1 unspecified atom stereocenters. The van der Waals surface area contributed by atoms with Crippen molar-refractivity contribution in [2.24, 2.45) is 0 Å². The number of fused-ring (bicyclic) bond motifs is 1. The van der Waals surface area contributed by atoms with Gasteiger partial charge in [0, 0.05) is 18.8 Å². The number of benzene rings is 2. The van der Waals surface area contributed by atoms with Gasteiger partial charge in [-0.2, -0.15) is 0 Å². The van der Waals surface area contributed by atoms with E-state index in [1.54, 1.807) is 50.4 Å². The molecule has 1 heterocycles. The van der Waals surface area contributed by atoms with Crippen molar-refractivity contribution in [1.29, 1.82) is 0 Å². The quantitative estimate of drug-likeness (QED) is 0.822. The van der Waals surface area contributed by atoms with Crippen LogP contribution in [0, 0.1) is 0 Å². The van der Waals surface area contributed by atoms with Crippen LogP contribution in [0.5, 0.6) is 11.5 Å². The van der Waals surface area contributed by atoms with Gasteiger partial charge in [0.15, 0.2) is 6.10 Å². The van der Waals surface area contributed by atoms with E-state index in [0.717, 1.165) is 5.56 Å². The van der Waals surface area contributed by atoms with Crippen molar-refractivity contribution >= 4 is 23.4 Å². The molecule has 7 nitrogen and oxygen atoms in total.